The Bertz CT molecular complexity index is 370. The van der Waals surface area contributed by atoms with Crippen LogP contribution in [0.4, 0.5) is 4.79 Å². The summed E-state index contributed by atoms with van der Waals surface area (Å²) in [5.41, 5.74) is 5.48. The van der Waals surface area contributed by atoms with E-state index in [2.05, 4.69) is 0 Å². The normalized spacial score (nSPS) is 31.3. The Morgan fingerprint density at radius 1 is 1.44 bits per heavy atom. The first-order valence-corrected chi connectivity index (χ1v) is 6.89. The fourth-order valence-corrected chi connectivity index (χ4v) is 3.10. The van der Waals surface area contributed by atoms with E-state index in [1.165, 1.54) is 0 Å². The SMILES string of the molecule is CC(C)(C)OC(=O)N1CCC2(CC(C(N)=S)C2)C1. The average Bonchev–Trinajstić information content (AvgIpc) is 2.56. The largest absolute Gasteiger partial charge is 0.444 e. The van der Waals surface area contributed by atoms with E-state index in [-0.39, 0.29) is 11.5 Å². The van der Waals surface area contributed by atoms with Gasteiger partial charge in [-0.25, -0.2) is 4.79 Å². The predicted octanol–water partition coefficient (Wildman–Crippen LogP) is 2.31. The monoisotopic (exact) mass is 270 g/mol. The Balaban J connectivity index is 1.86. The molecule has 1 saturated heterocycles. The van der Waals surface area contributed by atoms with Crippen LogP contribution in [0.3, 0.4) is 0 Å². The Hall–Kier alpha value is -0.840. The van der Waals surface area contributed by atoms with Crippen molar-refractivity contribution >= 4 is 23.3 Å². The second-order valence-corrected chi connectivity index (χ2v) is 7.13. The molecule has 1 aliphatic carbocycles. The smallest absolute Gasteiger partial charge is 0.410 e. The van der Waals surface area contributed by atoms with Crippen LogP contribution in [0.1, 0.15) is 40.0 Å². The van der Waals surface area contributed by atoms with Crippen molar-refractivity contribution in [2.24, 2.45) is 17.1 Å². The summed E-state index contributed by atoms with van der Waals surface area (Å²) >= 11 is 5.01. The average molecular weight is 270 g/mol. The molecule has 1 heterocycles. The Morgan fingerprint density at radius 3 is 2.56 bits per heavy atom. The van der Waals surface area contributed by atoms with Gasteiger partial charge in [0.2, 0.25) is 0 Å². The lowest BCUT2D eigenvalue weighted by atomic mass is 9.61. The molecule has 102 valence electrons. The van der Waals surface area contributed by atoms with Gasteiger partial charge in [0.25, 0.3) is 0 Å². The van der Waals surface area contributed by atoms with Crippen LogP contribution in [-0.4, -0.2) is 34.7 Å². The van der Waals surface area contributed by atoms with Crippen LogP contribution in [0.15, 0.2) is 0 Å². The molecule has 2 rings (SSSR count). The van der Waals surface area contributed by atoms with Crippen molar-refractivity contribution < 1.29 is 9.53 Å². The van der Waals surface area contributed by atoms with Crippen LogP contribution in [-0.2, 0) is 4.74 Å². The molecule has 1 amide bonds. The minimum atomic E-state index is -0.423. The first-order valence-electron chi connectivity index (χ1n) is 6.48. The Kier molecular flexibility index (Phi) is 3.30. The highest BCUT2D eigenvalue weighted by Gasteiger charge is 2.50. The fourth-order valence-electron chi connectivity index (χ4n) is 2.94. The molecule has 18 heavy (non-hydrogen) atoms. The standard InChI is InChI=1S/C13H22N2O2S/c1-12(2,3)17-11(16)15-5-4-13(8-15)6-9(7-13)10(14)18/h9H,4-8H2,1-3H3,(H2,14,18). The summed E-state index contributed by atoms with van der Waals surface area (Å²) < 4.78 is 5.39. The number of carbonyl (C=O) groups is 1. The van der Waals surface area contributed by atoms with Gasteiger partial charge in [-0.1, -0.05) is 12.2 Å². The third-order valence-corrected chi connectivity index (χ3v) is 4.18. The number of hydrogen-bond donors (Lipinski definition) is 1. The van der Waals surface area contributed by atoms with Gasteiger partial charge < -0.3 is 15.4 Å². The van der Waals surface area contributed by atoms with Crippen LogP contribution >= 0.6 is 12.2 Å². The number of nitrogens with zero attached hydrogens (tertiary/aromatic N) is 1. The first-order chi connectivity index (χ1) is 8.21. The predicted molar refractivity (Wildman–Crippen MR) is 74.4 cm³/mol. The van der Waals surface area contributed by atoms with Crippen molar-refractivity contribution in [3.8, 4) is 0 Å². The third-order valence-electron chi connectivity index (χ3n) is 3.85. The number of likely N-dealkylation sites (tertiary alicyclic amines) is 1. The highest BCUT2D eigenvalue weighted by Crippen LogP contribution is 2.51. The highest BCUT2D eigenvalue weighted by atomic mass is 32.1. The minimum Gasteiger partial charge on any atom is -0.444 e. The van der Waals surface area contributed by atoms with Crippen molar-refractivity contribution in [3.05, 3.63) is 0 Å². The lowest BCUT2D eigenvalue weighted by Gasteiger charge is -2.44. The number of rotatable bonds is 1. The van der Waals surface area contributed by atoms with Gasteiger partial charge in [-0.05, 0) is 45.4 Å². The summed E-state index contributed by atoms with van der Waals surface area (Å²) in [6.07, 6.45) is 2.91. The Labute approximate surface area is 114 Å². The molecule has 2 fully saturated rings. The second kappa shape index (κ2) is 4.37. The van der Waals surface area contributed by atoms with E-state index in [9.17, 15) is 4.79 Å². The van der Waals surface area contributed by atoms with Gasteiger partial charge in [-0.3, -0.25) is 0 Å². The number of nitrogens with two attached hydrogens (primary N) is 1. The zero-order chi connectivity index (χ0) is 13.6. The molecular formula is C13H22N2O2S. The van der Waals surface area contributed by atoms with E-state index in [0.29, 0.717) is 10.9 Å². The molecule has 0 radical (unpaired) electrons. The van der Waals surface area contributed by atoms with E-state index >= 15 is 0 Å². The molecule has 0 aromatic carbocycles. The van der Waals surface area contributed by atoms with Gasteiger partial charge in [0.05, 0.1) is 4.99 Å². The summed E-state index contributed by atoms with van der Waals surface area (Å²) in [4.78, 5) is 14.4. The fraction of sp³-hybridized carbons (Fsp3) is 0.846. The van der Waals surface area contributed by atoms with Crippen molar-refractivity contribution in [1.29, 1.82) is 0 Å². The molecule has 0 bridgehead atoms. The quantitative estimate of drug-likeness (QED) is 0.743. The number of carbonyl (C=O) groups excluding carboxylic acids is 1. The van der Waals surface area contributed by atoms with Crippen molar-refractivity contribution in [3.63, 3.8) is 0 Å². The van der Waals surface area contributed by atoms with Crippen molar-refractivity contribution in [2.45, 2.75) is 45.6 Å². The summed E-state index contributed by atoms with van der Waals surface area (Å²) in [5.74, 6) is 0.374. The van der Waals surface area contributed by atoms with Crippen molar-refractivity contribution in [2.75, 3.05) is 13.1 Å². The molecule has 1 spiro atoms. The first kappa shape index (κ1) is 13.6. The molecule has 2 aliphatic rings. The topological polar surface area (TPSA) is 55.6 Å². The van der Waals surface area contributed by atoms with Gasteiger partial charge in [-0.2, -0.15) is 0 Å². The van der Waals surface area contributed by atoms with Gasteiger partial charge in [0.15, 0.2) is 0 Å². The molecule has 1 aliphatic heterocycles. The maximum Gasteiger partial charge on any atom is 0.410 e. The third kappa shape index (κ3) is 2.76. The number of amides is 1. The Morgan fingerprint density at radius 2 is 2.06 bits per heavy atom. The summed E-state index contributed by atoms with van der Waals surface area (Å²) in [6, 6.07) is 0. The zero-order valence-electron chi connectivity index (χ0n) is 11.4. The maximum atomic E-state index is 12.0. The van der Waals surface area contributed by atoms with Crippen LogP contribution < -0.4 is 5.73 Å². The molecule has 0 atom stereocenters. The van der Waals surface area contributed by atoms with E-state index in [1.807, 2.05) is 25.7 Å². The molecule has 5 heteroatoms. The number of hydrogen-bond acceptors (Lipinski definition) is 3. The van der Waals surface area contributed by atoms with Crippen LogP contribution in [0, 0.1) is 11.3 Å². The highest BCUT2D eigenvalue weighted by molar-refractivity contribution is 7.80. The summed E-state index contributed by atoms with van der Waals surface area (Å²) in [7, 11) is 0. The van der Waals surface area contributed by atoms with E-state index in [0.717, 1.165) is 32.4 Å². The minimum absolute atomic E-state index is 0.196. The molecular weight excluding hydrogens is 248 g/mol. The van der Waals surface area contributed by atoms with E-state index < -0.39 is 5.60 Å². The molecule has 4 nitrogen and oxygen atoms in total. The van der Waals surface area contributed by atoms with Gasteiger partial charge in [-0.15, -0.1) is 0 Å². The second-order valence-electron chi connectivity index (χ2n) is 6.66. The van der Waals surface area contributed by atoms with Gasteiger partial charge in [0, 0.05) is 19.0 Å². The molecule has 0 unspecified atom stereocenters. The van der Waals surface area contributed by atoms with Gasteiger partial charge >= 0.3 is 6.09 Å². The van der Waals surface area contributed by atoms with Crippen LogP contribution in [0.5, 0.6) is 0 Å². The summed E-state index contributed by atoms with van der Waals surface area (Å²) in [5, 5.41) is 0. The van der Waals surface area contributed by atoms with E-state index in [4.69, 9.17) is 22.7 Å². The zero-order valence-corrected chi connectivity index (χ0v) is 12.2. The lowest BCUT2D eigenvalue weighted by molar-refractivity contribution is 0.0226. The van der Waals surface area contributed by atoms with E-state index in [1.54, 1.807) is 0 Å². The maximum absolute atomic E-state index is 12.0. The van der Waals surface area contributed by atoms with Crippen LogP contribution in [0.25, 0.3) is 0 Å². The molecule has 0 aromatic rings. The lowest BCUT2D eigenvalue weighted by Crippen LogP contribution is -2.45. The number of ether oxygens (including phenoxy) is 1. The van der Waals surface area contributed by atoms with Crippen molar-refractivity contribution in [1.82, 2.24) is 4.90 Å². The van der Waals surface area contributed by atoms with Gasteiger partial charge in [0.1, 0.15) is 5.60 Å². The summed E-state index contributed by atoms with van der Waals surface area (Å²) in [6.45, 7) is 7.26. The number of thiocarbonyl (C=S) groups is 1. The molecule has 1 saturated carbocycles. The molecule has 0 aromatic heterocycles. The molecule has 2 N–H and O–H groups in total. The van der Waals surface area contributed by atoms with Crippen LogP contribution in [0.2, 0.25) is 0 Å².